The van der Waals surface area contributed by atoms with E-state index >= 15 is 0 Å². The molecule has 0 atom stereocenters. The van der Waals surface area contributed by atoms with Crippen molar-refractivity contribution in [2.24, 2.45) is 0 Å². The van der Waals surface area contributed by atoms with Crippen molar-refractivity contribution < 1.29 is 9.53 Å². The zero-order valence-electron chi connectivity index (χ0n) is 12.3. The summed E-state index contributed by atoms with van der Waals surface area (Å²) in [6.45, 7) is 4.27. The average molecular weight is 305 g/mol. The number of rotatable bonds is 3. The number of thiophene rings is 1. The molecule has 0 fully saturated rings. The molecule has 1 aliphatic heterocycles. The molecule has 0 unspecified atom stereocenters. The number of hydrogen-bond donors (Lipinski definition) is 1. The van der Waals surface area contributed by atoms with Gasteiger partial charge in [0.25, 0.3) is 0 Å². The molecule has 0 saturated carbocycles. The van der Waals surface area contributed by atoms with E-state index in [0.29, 0.717) is 17.2 Å². The van der Waals surface area contributed by atoms with Gasteiger partial charge in [-0.15, -0.1) is 11.3 Å². The number of nitrogens with zero attached hydrogens (tertiary/aromatic N) is 2. The molecular weight excluding hydrogens is 286 g/mol. The Bertz CT molecular complexity index is 696. The van der Waals surface area contributed by atoms with Crippen molar-refractivity contribution >= 4 is 33.2 Å². The highest BCUT2D eigenvalue weighted by molar-refractivity contribution is 7.21. The third-order valence-corrected chi connectivity index (χ3v) is 4.78. The van der Waals surface area contributed by atoms with Gasteiger partial charge in [0.1, 0.15) is 9.71 Å². The summed E-state index contributed by atoms with van der Waals surface area (Å²) < 4.78 is 5.19. The van der Waals surface area contributed by atoms with E-state index in [0.717, 1.165) is 41.8 Å². The second kappa shape index (κ2) is 5.61. The first kappa shape index (κ1) is 14.3. The van der Waals surface area contributed by atoms with E-state index in [9.17, 15) is 4.79 Å². The van der Waals surface area contributed by atoms with Crippen molar-refractivity contribution in [2.75, 3.05) is 25.9 Å². The van der Waals surface area contributed by atoms with Crippen LogP contribution in [0.4, 0.5) is 5.69 Å². The van der Waals surface area contributed by atoms with Crippen LogP contribution in [0.5, 0.6) is 0 Å². The van der Waals surface area contributed by atoms with E-state index in [1.807, 2.05) is 6.92 Å². The number of esters is 1. The smallest absolute Gasteiger partial charge is 0.350 e. The number of nitrogens with two attached hydrogens (primary N) is 1. The van der Waals surface area contributed by atoms with Gasteiger partial charge in [0.05, 0.1) is 12.3 Å². The van der Waals surface area contributed by atoms with E-state index in [1.165, 1.54) is 16.9 Å². The first-order valence-corrected chi connectivity index (χ1v) is 7.98. The van der Waals surface area contributed by atoms with Gasteiger partial charge in [-0.25, -0.2) is 9.78 Å². The summed E-state index contributed by atoms with van der Waals surface area (Å²) in [5.74, 6) is -0.340. The van der Waals surface area contributed by atoms with E-state index < -0.39 is 0 Å². The molecule has 0 radical (unpaired) electrons. The van der Waals surface area contributed by atoms with Crippen molar-refractivity contribution in [3.05, 3.63) is 22.2 Å². The summed E-state index contributed by atoms with van der Waals surface area (Å²) in [5.41, 5.74) is 8.96. The lowest BCUT2D eigenvalue weighted by atomic mass is 10.0. The van der Waals surface area contributed by atoms with Gasteiger partial charge < -0.3 is 15.4 Å². The Labute approximate surface area is 127 Å². The van der Waals surface area contributed by atoms with Gasteiger partial charge in [0, 0.05) is 30.6 Å². The zero-order valence-corrected chi connectivity index (χ0v) is 13.1. The van der Waals surface area contributed by atoms with Crippen LogP contribution in [0.1, 0.15) is 34.3 Å². The van der Waals surface area contributed by atoms with Crippen LogP contribution in [-0.4, -0.2) is 36.1 Å². The summed E-state index contributed by atoms with van der Waals surface area (Å²) in [6, 6.07) is 2.08. The minimum absolute atomic E-state index is 0.340. The first-order chi connectivity index (χ1) is 10.1. The van der Waals surface area contributed by atoms with Crippen LogP contribution in [0.15, 0.2) is 6.07 Å². The number of fused-ring (bicyclic) bond motifs is 2. The number of carbonyl (C=O) groups excluding carboxylic acids is 1. The number of carbonyl (C=O) groups is 1. The molecule has 0 spiro atoms. The van der Waals surface area contributed by atoms with Crippen LogP contribution >= 0.6 is 11.3 Å². The minimum Gasteiger partial charge on any atom is -0.461 e. The number of anilines is 1. The van der Waals surface area contributed by atoms with Crippen LogP contribution < -0.4 is 5.73 Å². The van der Waals surface area contributed by atoms with E-state index in [4.69, 9.17) is 15.5 Å². The monoisotopic (exact) mass is 305 g/mol. The van der Waals surface area contributed by atoms with E-state index in [-0.39, 0.29) is 5.97 Å². The lowest BCUT2D eigenvalue weighted by Gasteiger charge is -2.23. The Morgan fingerprint density at radius 1 is 1.57 bits per heavy atom. The van der Waals surface area contributed by atoms with Crippen LogP contribution in [0.2, 0.25) is 0 Å². The van der Waals surface area contributed by atoms with Gasteiger partial charge in [-0.3, -0.25) is 0 Å². The molecule has 0 saturated heterocycles. The van der Waals surface area contributed by atoms with E-state index in [2.05, 4.69) is 18.0 Å². The fraction of sp³-hybridized carbons (Fsp3) is 0.467. The van der Waals surface area contributed by atoms with Gasteiger partial charge >= 0.3 is 5.97 Å². The molecule has 3 rings (SSSR count). The number of aromatic nitrogens is 1. The van der Waals surface area contributed by atoms with Crippen molar-refractivity contribution in [3.63, 3.8) is 0 Å². The van der Waals surface area contributed by atoms with Crippen molar-refractivity contribution in [2.45, 2.75) is 26.3 Å². The third-order valence-electron chi connectivity index (χ3n) is 3.68. The molecule has 0 aromatic carbocycles. The minimum atomic E-state index is -0.340. The standard InChI is InChI=1S/C15H19N3O2S/c1-3-6-20-15(19)13-12(16)10-7-9-8-18(2)5-4-11(9)17-14(10)21-13/h7H,3-6,8,16H2,1-2H3. The van der Waals surface area contributed by atoms with Gasteiger partial charge in [-0.05, 0) is 25.1 Å². The van der Waals surface area contributed by atoms with Gasteiger partial charge in [-0.2, -0.15) is 0 Å². The summed E-state index contributed by atoms with van der Waals surface area (Å²) >= 11 is 1.33. The molecule has 3 heterocycles. The normalized spacial score (nSPS) is 15.1. The summed E-state index contributed by atoms with van der Waals surface area (Å²) in [6.07, 6.45) is 1.74. The van der Waals surface area contributed by atoms with Crippen LogP contribution in [0.25, 0.3) is 10.2 Å². The summed E-state index contributed by atoms with van der Waals surface area (Å²) in [4.78, 5) is 20.3. The predicted octanol–water partition coefficient (Wildman–Crippen LogP) is 2.43. The Balaban J connectivity index is 2.02. The molecule has 21 heavy (non-hydrogen) atoms. The SMILES string of the molecule is CCCOC(=O)c1sc2nc3c(cc2c1N)CN(C)CC3. The van der Waals surface area contributed by atoms with Crippen molar-refractivity contribution in [3.8, 4) is 0 Å². The second-order valence-electron chi connectivity index (χ2n) is 5.42. The average Bonchev–Trinajstić information content (AvgIpc) is 2.79. The largest absolute Gasteiger partial charge is 0.461 e. The number of hydrogen-bond acceptors (Lipinski definition) is 6. The van der Waals surface area contributed by atoms with Crippen LogP contribution in [0.3, 0.4) is 0 Å². The maximum absolute atomic E-state index is 12.0. The zero-order chi connectivity index (χ0) is 15.0. The lowest BCUT2D eigenvalue weighted by Crippen LogP contribution is -2.27. The van der Waals surface area contributed by atoms with E-state index in [1.54, 1.807) is 0 Å². The Morgan fingerprint density at radius 2 is 2.38 bits per heavy atom. The summed E-state index contributed by atoms with van der Waals surface area (Å²) in [5, 5.41) is 0.873. The maximum atomic E-state index is 12.0. The molecular formula is C15H19N3O2S. The van der Waals surface area contributed by atoms with Gasteiger partial charge in [-0.1, -0.05) is 6.92 Å². The molecule has 6 heteroatoms. The molecule has 5 nitrogen and oxygen atoms in total. The molecule has 1 aliphatic rings. The second-order valence-corrected chi connectivity index (χ2v) is 6.41. The molecule has 2 aromatic rings. The van der Waals surface area contributed by atoms with Crippen molar-refractivity contribution in [1.29, 1.82) is 0 Å². The maximum Gasteiger partial charge on any atom is 0.350 e. The number of ether oxygens (including phenoxy) is 1. The van der Waals surface area contributed by atoms with Gasteiger partial charge in [0.2, 0.25) is 0 Å². The first-order valence-electron chi connectivity index (χ1n) is 7.16. The quantitative estimate of drug-likeness (QED) is 0.882. The third kappa shape index (κ3) is 2.61. The molecule has 2 N–H and O–H groups in total. The topological polar surface area (TPSA) is 68.4 Å². The Kier molecular flexibility index (Phi) is 3.82. The highest BCUT2D eigenvalue weighted by Gasteiger charge is 2.22. The molecule has 112 valence electrons. The molecule has 0 aliphatic carbocycles. The Hall–Kier alpha value is -1.66. The fourth-order valence-electron chi connectivity index (χ4n) is 2.55. The highest BCUT2D eigenvalue weighted by Crippen LogP contribution is 2.35. The fourth-order valence-corrected chi connectivity index (χ4v) is 3.54. The number of pyridine rings is 1. The van der Waals surface area contributed by atoms with Crippen molar-refractivity contribution in [1.82, 2.24) is 9.88 Å². The highest BCUT2D eigenvalue weighted by atomic mass is 32.1. The molecule has 0 bridgehead atoms. The molecule has 2 aromatic heterocycles. The Morgan fingerprint density at radius 3 is 3.14 bits per heavy atom. The van der Waals surface area contributed by atoms with Crippen LogP contribution in [-0.2, 0) is 17.7 Å². The molecule has 0 amide bonds. The van der Waals surface area contributed by atoms with Crippen LogP contribution in [0, 0.1) is 0 Å². The lowest BCUT2D eigenvalue weighted by molar-refractivity contribution is 0.0512. The number of likely N-dealkylation sites (N-methyl/N-ethyl adjacent to an activating group) is 1. The number of nitrogen functional groups attached to an aromatic ring is 1. The summed E-state index contributed by atoms with van der Waals surface area (Å²) in [7, 11) is 2.09. The van der Waals surface area contributed by atoms with Gasteiger partial charge in [0.15, 0.2) is 0 Å². The predicted molar refractivity (Wildman–Crippen MR) is 84.6 cm³/mol.